The average molecular weight is 569 g/mol. The van der Waals surface area contributed by atoms with Crippen molar-refractivity contribution in [1.82, 2.24) is 15.3 Å². The topological polar surface area (TPSA) is 110 Å². The number of aromatic nitrogens is 2. The number of alkyl halides is 3. The first-order valence-electron chi connectivity index (χ1n) is 12.1. The predicted octanol–water partition coefficient (Wildman–Crippen LogP) is 5.44. The van der Waals surface area contributed by atoms with Crippen molar-refractivity contribution >= 4 is 21.9 Å². The Morgan fingerprint density at radius 3 is 2.27 bits per heavy atom. The number of aryl methyl sites for hydroxylation is 2. The molecule has 0 saturated carbocycles. The van der Waals surface area contributed by atoms with E-state index in [0.29, 0.717) is 11.3 Å². The summed E-state index contributed by atoms with van der Waals surface area (Å²) >= 11 is 0. The number of sulfonamides is 1. The Kier molecular flexibility index (Phi) is 6.96. The van der Waals surface area contributed by atoms with Crippen LogP contribution in [0.5, 0.6) is 5.88 Å². The van der Waals surface area contributed by atoms with E-state index in [9.17, 15) is 26.4 Å². The van der Waals surface area contributed by atoms with Crippen LogP contribution in [0.3, 0.4) is 0 Å². The second-order valence-electron chi connectivity index (χ2n) is 9.25. The number of nitrogens with zero attached hydrogens (tertiary/aromatic N) is 2. The van der Waals surface area contributed by atoms with Crippen LogP contribution in [0.2, 0.25) is 0 Å². The molecule has 0 fully saturated rings. The molecule has 0 aliphatic carbocycles. The fourth-order valence-corrected chi connectivity index (χ4v) is 5.40. The van der Waals surface area contributed by atoms with Crippen molar-refractivity contribution < 1.29 is 31.1 Å². The number of hydrogen-bond donors (Lipinski definition) is 2. The van der Waals surface area contributed by atoms with Gasteiger partial charge in [-0.25, -0.2) is 18.1 Å². The van der Waals surface area contributed by atoms with E-state index in [4.69, 9.17) is 4.74 Å². The first kappa shape index (κ1) is 27.1. The largest absolute Gasteiger partial charge is 0.467 e. The fraction of sp³-hybridized carbons (Fsp3) is 0.179. The smallest absolute Gasteiger partial charge is 0.416 e. The first-order valence-corrected chi connectivity index (χ1v) is 13.6. The summed E-state index contributed by atoms with van der Waals surface area (Å²) < 4.78 is 74.4. The second-order valence-corrected chi connectivity index (χ2v) is 10.9. The van der Waals surface area contributed by atoms with Crippen LogP contribution >= 0.6 is 0 Å². The van der Waals surface area contributed by atoms with Crippen LogP contribution in [-0.4, -0.2) is 30.8 Å². The molecule has 1 aliphatic heterocycles. The normalized spacial score (nSPS) is 16.8. The van der Waals surface area contributed by atoms with Crippen molar-refractivity contribution in [2.45, 2.75) is 31.0 Å². The zero-order valence-corrected chi connectivity index (χ0v) is 22.1. The molecule has 1 atom stereocenters. The minimum Gasteiger partial charge on any atom is -0.467 e. The van der Waals surface area contributed by atoms with Gasteiger partial charge in [0, 0.05) is 17.2 Å². The molecule has 1 aliphatic rings. The van der Waals surface area contributed by atoms with E-state index < -0.39 is 33.8 Å². The van der Waals surface area contributed by atoms with Crippen LogP contribution in [0.15, 0.2) is 77.7 Å². The third kappa shape index (κ3) is 5.62. The Hall–Kier alpha value is -4.45. The van der Waals surface area contributed by atoms with Crippen molar-refractivity contribution in [1.29, 1.82) is 0 Å². The van der Waals surface area contributed by atoms with E-state index in [0.717, 1.165) is 28.8 Å². The molecule has 0 saturated heterocycles. The number of hydrogen-bond acceptors (Lipinski definition) is 6. The van der Waals surface area contributed by atoms with E-state index in [-0.39, 0.29) is 28.8 Å². The minimum absolute atomic E-state index is 0.0459. The lowest BCUT2D eigenvalue weighted by Crippen LogP contribution is -2.31. The van der Waals surface area contributed by atoms with Gasteiger partial charge in [-0.15, -0.1) is 0 Å². The lowest BCUT2D eigenvalue weighted by atomic mass is 10.00. The molecular formula is C28H23F3N4O4S. The Balaban J connectivity index is 1.66. The summed E-state index contributed by atoms with van der Waals surface area (Å²) in [5.74, 6) is -0.911. The Bertz CT molecular complexity index is 1690. The highest BCUT2D eigenvalue weighted by Crippen LogP contribution is 2.33. The standard InChI is InChI=1S/C28H23F3N4O4S/c1-16-5-3-6-17(2)25(16)22-14-24-34-27(33-22)35-40(37,38)21-8-4-7-19(13-21)26(36)32-15-23(39-24)18-9-11-20(12-10-18)28(29,30)31/h3-14,23H,15H2,1-2H3,(H,32,36)(H,33,34,35)/t23-/m1/s1. The number of carbonyl (C=O) groups is 1. The number of benzene rings is 3. The van der Waals surface area contributed by atoms with Crippen molar-refractivity contribution in [3.8, 4) is 17.1 Å². The lowest BCUT2D eigenvalue weighted by Gasteiger charge is -2.21. The molecule has 5 rings (SSSR count). The molecular weight excluding hydrogens is 545 g/mol. The van der Waals surface area contributed by atoms with Gasteiger partial charge in [0.1, 0.15) is 6.10 Å². The highest BCUT2D eigenvalue weighted by molar-refractivity contribution is 7.92. The maximum Gasteiger partial charge on any atom is 0.416 e. The van der Waals surface area contributed by atoms with Gasteiger partial charge in [-0.3, -0.25) is 4.79 Å². The van der Waals surface area contributed by atoms with Gasteiger partial charge in [0.05, 0.1) is 22.7 Å². The Morgan fingerprint density at radius 1 is 0.925 bits per heavy atom. The highest BCUT2D eigenvalue weighted by Gasteiger charge is 2.31. The number of anilines is 1. The molecule has 0 radical (unpaired) electrons. The number of halogens is 3. The number of carbonyl (C=O) groups excluding carboxylic acids is 1. The molecule has 8 nitrogen and oxygen atoms in total. The van der Waals surface area contributed by atoms with Crippen molar-refractivity contribution in [3.63, 3.8) is 0 Å². The van der Waals surface area contributed by atoms with E-state index in [2.05, 4.69) is 20.0 Å². The number of nitrogens with one attached hydrogen (secondary N) is 2. The summed E-state index contributed by atoms with van der Waals surface area (Å²) in [6.07, 6.45) is -5.50. The van der Waals surface area contributed by atoms with Crippen LogP contribution in [0, 0.1) is 13.8 Å². The zero-order valence-electron chi connectivity index (χ0n) is 21.3. The maximum atomic E-state index is 13.2. The summed E-state index contributed by atoms with van der Waals surface area (Å²) in [5, 5.41) is 2.68. The summed E-state index contributed by atoms with van der Waals surface area (Å²) in [4.78, 5) is 21.4. The molecule has 2 N–H and O–H groups in total. The highest BCUT2D eigenvalue weighted by atomic mass is 32.2. The van der Waals surface area contributed by atoms with Gasteiger partial charge in [-0.1, -0.05) is 36.4 Å². The summed E-state index contributed by atoms with van der Waals surface area (Å²) in [6, 6.07) is 16.9. The monoisotopic (exact) mass is 568 g/mol. The van der Waals surface area contributed by atoms with E-state index in [1.807, 2.05) is 32.0 Å². The van der Waals surface area contributed by atoms with Crippen molar-refractivity contribution in [3.05, 3.63) is 101 Å². The van der Waals surface area contributed by atoms with Crippen molar-refractivity contribution in [2.24, 2.45) is 0 Å². The number of rotatable bonds is 2. The molecule has 1 amide bonds. The Morgan fingerprint density at radius 2 is 1.60 bits per heavy atom. The van der Waals surface area contributed by atoms with Crippen LogP contribution in [0.1, 0.15) is 38.7 Å². The van der Waals surface area contributed by atoms with E-state index >= 15 is 0 Å². The molecule has 3 aromatic carbocycles. The van der Waals surface area contributed by atoms with Crippen LogP contribution < -0.4 is 14.8 Å². The fourth-order valence-electron chi connectivity index (χ4n) is 4.41. The second kappa shape index (κ2) is 10.3. The average Bonchev–Trinajstić information content (AvgIpc) is 2.90. The maximum absolute atomic E-state index is 13.2. The van der Waals surface area contributed by atoms with Gasteiger partial charge < -0.3 is 10.1 Å². The molecule has 4 aromatic rings. The van der Waals surface area contributed by atoms with Crippen LogP contribution in [0.25, 0.3) is 11.3 Å². The van der Waals surface area contributed by atoms with Gasteiger partial charge in [0.2, 0.25) is 11.8 Å². The van der Waals surface area contributed by atoms with Gasteiger partial charge in [0.15, 0.2) is 0 Å². The van der Waals surface area contributed by atoms with E-state index in [1.165, 1.54) is 42.5 Å². The SMILES string of the molecule is Cc1cccc(C)c1-c1cc2nc(n1)NS(=O)(=O)c1cccc(c1)C(=O)NC[C@H](c1ccc(C(F)(F)F)cc1)O2. The third-order valence-electron chi connectivity index (χ3n) is 6.39. The Labute approximate surface area is 228 Å². The molecule has 0 unspecified atom stereocenters. The van der Waals surface area contributed by atoms with Crippen LogP contribution in [-0.2, 0) is 16.2 Å². The van der Waals surface area contributed by atoms with E-state index in [1.54, 1.807) is 0 Å². The molecule has 0 spiro atoms. The van der Waals surface area contributed by atoms with Gasteiger partial charge >= 0.3 is 6.18 Å². The van der Waals surface area contributed by atoms with Crippen LogP contribution in [0.4, 0.5) is 19.1 Å². The molecule has 2 heterocycles. The van der Waals surface area contributed by atoms with Gasteiger partial charge in [-0.2, -0.15) is 18.2 Å². The quantitative estimate of drug-likeness (QED) is 0.333. The van der Waals surface area contributed by atoms with Gasteiger partial charge in [-0.05, 0) is 60.9 Å². The summed E-state index contributed by atoms with van der Waals surface area (Å²) in [7, 11) is -4.20. The summed E-state index contributed by atoms with van der Waals surface area (Å²) in [6.45, 7) is 3.61. The molecule has 206 valence electrons. The number of fused-ring (bicyclic) bond motifs is 4. The lowest BCUT2D eigenvalue weighted by molar-refractivity contribution is -0.137. The summed E-state index contributed by atoms with van der Waals surface area (Å²) in [5.41, 5.74) is 2.42. The minimum atomic E-state index is -4.53. The predicted molar refractivity (Wildman–Crippen MR) is 141 cm³/mol. The number of ether oxygens (including phenoxy) is 1. The molecule has 40 heavy (non-hydrogen) atoms. The van der Waals surface area contributed by atoms with Crippen molar-refractivity contribution in [2.75, 3.05) is 11.3 Å². The van der Waals surface area contributed by atoms with Gasteiger partial charge in [0.25, 0.3) is 15.9 Å². The molecule has 1 aromatic heterocycles. The number of amides is 1. The molecule has 12 heteroatoms. The zero-order chi connectivity index (χ0) is 28.7. The molecule has 4 bridgehead atoms. The first-order chi connectivity index (χ1) is 18.9. The third-order valence-corrected chi connectivity index (χ3v) is 7.72.